The Labute approximate surface area is 130 Å². The first-order valence-corrected chi connectivity index (χ1v) is 7.72. The minimum atomic E-state index is -0.694. The summed E-state index contributed by atoms with van der Waals surface area (Å²) in [5.74, 6) is -0.483. The monoisotopic (exact) mass is 371 g/mol. The second kappa shape index (κ2) is 5.41. The van der Waals surface area contributed by atoms with Crippen molar-refractivity contribution in [2.75, 3.05) is 0 Å². The topological polar surface area (TPSA) is 69.7 Å². The fraction of sp³-hybridized carbons (Fsp3) is 0.0833. The van der Waals surface area contributed by atoms with Gasteiger partial charge in [0.1, 0.15) is 5.82 Å². The van der Waals surface area contributed by atoms with Gasteiger partial charge in [0.2, 0.25) is 11.6 Å². The van der Waals surface area contributed by atoms with Crippen molar-refractivity contribution < 1.29 is 14.1 Å². The smallest absolute Gasteiger partial charge is 0.314 e. The summed E-state index contributed by atoms with van der Waals surface area (Å²) in [5.41, 5.74) is 0.289. The Hall–Kier alpha value is -2.00. The molecule has 0 amide bonds. The number of fused-ring (bicyclic) bond motifs is 1. The predicted molar refractivity (Wildman–Crippen MR) is 78.8 cm³/mol. The van der Waals surface area contributed by atoms with E-state index in [2.05, 4.69) is 20.9 Å². The lowest BCUT2D eigenvalue weighted by Gasteiger charge is -2.05. The molecule has 0 saturated carbocycles. The number of nitro groups is 1. The summed E-state index contributed by atoms with van der Waals surface area (Å²) >= 11 is 4.75. The van der Waals surface area contributed by atoms with Gasteiger partial charge in [-0.2, -0.15) is 4.98 Å². The number of halogens is 2. The molecule has 0 spiro atoms. The molecule has 0 saturated heterocycles. The molecule has 21 heavy (non-hydrogen) atoms. The average Bonchev–Trinajstić information content (AvgIpc) is 3.00. The number of benzene rings is 1. The van der Waals surface area contributed by atoms with Crippen molar-refractivity contribution in [2.24, 2.45) is 0 Å². The van der Waals surface area contributed by atoms with Crippen LogP contribution in [0.2, 0.25) is 0 Å². The van der Waals surface area contributed by atoms with Gasteiger partial charge in [0.15, 0.2) is 4.96 Å². The molecule has 0 aliphatic carbocycles. The second-order valence-electron chi connectivity index (χ2n) is 4.02. The number of thiazole rings is 1. The zero-order chi connectivity index (χ0) is 15.0. The van der Waals surface area contributed by atoms with E-state index in [0.29, 0.717) is 10.3 Å². The van der Waals surface area contributed by atoms with Crippen LogP contribution >= 0.6 is 27.3 Å². The van der Waals surface area contributed by atoms with Gasteiger partial charge in [-0.1, -0.05) is 15.9 Å². The highest BCUT2D eigenvalue weighted by Gasteiger charge is 2.21. The van der Waals surface area contributed by atoms with Gasteiger partial charge in [0, 0.05) is 16.9 Å². The largest absolute Gasteiger partial charge is 0.430 e. The number of alkyl halides is 1. The summed E-state index contributed by atoms with van der Waals surface area (Å²) in [5, 5.41) is 13.3. The number of ether oxygens (including phenoxy) is 1. The van der Waals surface area contributed by atoms with E-state index in [1.54, 1.807) is 0 Å². The third-order valence-corrected chi connectivity index (χ3v) is 4.06. The Kier molecular flexibility index (Phi) is 3.60. The third-order valence-electron chi connectivity index (χ3n) is 2.78. The molecule has 2 aromatic heterocycles. The zero-order valence-corrected chi connectivity index (χ0v) is 12.7. The molecular formula is C12H7BrFN3O3S. The molecule has 0 aliphatic heterocycles. The first-order valence-electron chi connectivity index (χ1n) is 5.72. The number of hydrogen-bond donors (Lipinski definition) is 0. The second-order valence-corrected chi connectivity index (χ2v) is 5.46. The van der Waals surface area contributed by atoms with E-state index < -0.39 is 16.4 Å². The lowest BCUT2D eigenvalue weighted by atomic mass is 10.3. The fourth-order valence-electron chi connectivity index (χ4n) is 1.84. The van der Waals surface area contributed by atoms with Gasteiger partial charge in [-0.15, -0.1) is 11.3 Å². The molecule has 0 unspecified atom stereocenters. The van der Waals surface area contributed by atoms with E-state index in [9.17, 15) is 14.5 Å². The summed E-state index contributed by atoms with van der Waals surface area (Å²) in [6.07, 6.45) is 1.83. The SMILES string of the molecule is O=[N+]([O-])c1cc(F)ccc1Oc1nc2sccn2c1CBr. The van der Waals surface area contributed by atoms with E-state index in [0.717, 1.165) is 17.8 Å². The minimum absolute atomic E-state index is 0.0469. The molecule has 0 fully saturated rings. The maximum atomic E-state index is 13.1. The van der Waals surface area contributed by atoms with Crippen molar-refractivity contribution in [3.8, 4) is 11.6 Å². The maximum absolute atomic E-state index is 13.1. The summed E-state index contributed by atoms with van der Waals surface area (Å²) in [7, 11) is 0. The van der Waals surface area contributed by atoms with E-state index in [1.165, 1.54) is 17.4 Å². The molecule has 0 aliphatic rings. The number of rotatable bonds is 4. The van der Waals surface area contributed by atoms with Crippen molar-refractivity contribution in [3.63, 3.8) is 0 Å². The molecule has 1 aromatic carbocycles. The van der Waals surface area contributed by atoms with Gasteiger partial charge < -0.3 is 4.74 Å². The molecule has 108 valence electrons. The van der Waals surface area contributed by atoms with Crippen LogP contribution in [-0.4, -0.2) is 14.3 Å². The molecule has 0 atom stereocenters. The van der Waals surface area contributed by atoms with E-state index >= 15 is 0 Å². The standard InChI is InChI=1S/C12H7BrFN3O3S/c13-6-9-11(15-12-16(9)3-4-21-12)20-10-2-1-7(14)5-8(10)17(18)19/h1-5H,6H2. The molecule has 6 nitrogen and oxygen atoms in total. The summed E-state index contributed by atoms with van der Waals surface area (Å²) in [4.78, 5) is 15.3. The number of nitro benzene ring substituents is 1. The van der Waals surface area contributed by atoms with Crippen LogP contribution in [0.15, 0.2) is 29.8 Å². The first kappa shape index (κ1) is 14.0. The van der Waals surface area contributed by atoms with Crippen LogP contribution in [0, 0.1) is 15.9 Å². The van der Waals surface area contributed by atoms with Crippen molar-refractivity contribution in [2.45, 2.75) is 5.33 Å². The Morgan fingerprint density at radius 3 is 3.05 bits per heavy atom. The molecule has 0 radical (unpaired) electrons. The van der Waals surface area contributed by atoms with Crippen molar-refractivity contribution in [3.05, 3.63) is 51.4 Å². The molecule has 9 heteroatoms. The van der Waals surface area contributed by atoms with Gasteiger partial charge in [0.05, 0.1) is 16.7 Å². The van der Waals surface area contributed by atoms with Crippen LogP contribution in [0.1, 0.15) is 5.69 Å². The highest BCUT2D eigenvalue weighted by atomic mass is 79.9. The molecule has 2 heterocycles. The van der Waals surface area contributed by atoms with Crippen LogP contribution in [0.25, 0.3) is 4.96 Å². The normalized spacial score (nSPS) is 11.0. The van der Waals surface area contributed by atoms with Crippen LogP contribution in [0.4, 0.5) is 10.1 Å². The van der Waals surface area contributed by atoms with E-state index in [-0.39, 0.29) is 11.6 Å². The van der Waals surface area contributed by atoms with Gasteiger partial charge in [0.25, 0.3) is 0 Å². The Balaban J connectivity index is 2.06. The van der Waals surface area contributed by atoms with Crippen molar-refractivity contribution >= 4 is 37.9 Å². The first-order chi connectivity index (χ1) is 10.1. The number of imidazole rings is 1. The number of hydrogen-bond acceptors (Lipinski definition) is 5. The summed E-state index contributed by atoms with van der Waals surface area (Å²) < 4.78 is 20.5. The number of nitrogens with zero attached hydrogens (tertiary/aromatic N) is 3. The molecule has 0 N–H and O–H groups in total. The van der Waals surface area contributed by atoms with Gasteiger partial charge >= 0.3 is 5.69 Å². The Morgan fingerprint density at radius 2 is 2.33 bits per heavy atom. The lowest BCUT2D eigenvalue weighted by Crippen LogP contribution is -1.96. The highest BCUT2D eigenvalue weighted by Crippen LogP contribution is 2.34. The van der Waals surface area contributed by atoms with Crippen molar-refractivity contribution in [1.29, 1.82) is 0 Å². The molecule has 3 aromatic rings. The van der Waals surface area contributed by atoms with Crippen molar-refractivity contribution in [1.82, 2.24) is 9.38 Å². The van der Waals surface area contributed by atoms with Crippen LogP contribution < -0.4 is 4.74 Å². The van der Waals surface area contributed by atoms with Crippen LogP contribution in [0.5, 0.6) is 11.6 Å². The minimum Gasteiger partial charge on any atom is -0.430 e. The molecule has 0 bridgehead atoms. The van der Waals surface area contributed by atoms with E-state index in [1.807, 2.05) is 16.0 Å². The maximum Gasteiger partial charge on any atom is 0.314 e. The average molecular weight is 372 g/mol. The fourth-order valence-corrected chi connectivity index (χ4v) is 3.07. The van der Waals surface area contributed by atoms with E-state index in [4.69, 9.17) is 4.74 Å². The van der Waals surface area contributed by atoms with Crippen LogP contribution in [-0.2, 0) is 5.33 Å². The molecular weight excluding hydrogens is 365 g/mol. The van der Waals surface area contributed by atoms with Gasteiger partial charge in [-0.25, -0.2) is 4.39 Å². The molecule has 3 rings (SSSR count). The van der Waals surface area contributed by atoms with Crippen LogP contribution in [0.3, 0.4) is 0 Å². The summed E-state index contributed by atoms with van der Waals surface area (Å²) in [6, 6.07) is 3.15. The van der Waals surface area contributed by atoms with Gasteiger partial charge in [-0.05, 0) is 12.1 Å². The number of aromatic nitrogens is 2. The predicted octanol–water partition coefficient (Wildman–Crippen LogP) is 4.13. The third kappa shape index (κ3) is 2.49. The van der Waals surface area contributed by atoms with Gasteiger partial charge in [-0.3, -0.25) is 14.5 Å². The zero-order valence-electron chi connectivity index (χ0n) is 10.3. The summed E-state index contributed by atoms with van der Waals surface area (Å²) in [6.45, 7) is 0. The quantitative estimate of drug-likeness (QED) is 0.392. The highest BCUT2D eigenvalue weighted by molar-refractivity contribution is 9.08. The Morgan fingerprint density at radius 1 is 1.52 bits per heavy atom. The lowest BCUT2D eigenvalue weighted by molar-refractivity contribution is -0.385. The Bertz CT molecular complexity index is 832.